The Balaban J connectivity index is 0.000000853. The standard InChI is InChI=1S/C12H14N2.ClH/c1-8-12(11-6-7-13-11)9-4-2-3-5-10(9)14-8;/h2-5,11,13-14H,6-7H2,1H3;1H/t11-;/m0./s1. The third-order valence-corrected chi connectivity index (χ3v) is 3.12. The van der Waals surface area contributed by atoms with Crippen molar-refractivity contribution < 1.29 is 0 Å². The van der Waals surface area contributed by atoms with Crippen molar-refractivity contribution in [1.82, 2.24) is 10.3 Å². The van der Waals surface area contributed by atoms with E-state index in [0.717, 1.165) is 6.54 Å². The van der Waals surface area contributed by atoms with Crippen molar-refractivity contribution in [3.05, 3.63) is 35.5 Å². The number of aromatic amines is 1. The van der Waals surface area contributed by atoms with E-state index in [-0.39, 0.29) is 12.4 Å². The lowest BCUT2D eigenvalue weighted by Crippen LogP contribution is -2.35. The lowest BCUT2D eigenvalue weighted by molar-refractivity contribution is 0.384. The van der Waals surface area contributed by atoms with Crippen molar-refractivity contribution in [2.24, 2.45) is 0 Å². The Bertz CT molecular complexity index is 471. The second-order valence-corrected chi connectivity index (χ2v) is 4.00. The lowest BCUT2D eigenvalue weighted by atomic mass is 9.95. The molecule has 2 heterocycles. The second-order valence-electron chi connectivity index (χ2n) is 4.00. The van der Waals surface area contributed by atoms with Gasteiger partial charge in [-0.1, -0.05) is 18.2 Å². The molecule has 1 aromatic carbocycles. The first-order valence-electron chi connectivity index (χ1n) is 5.17. The summed E-state index contributed by atoms with van der Waals surface area (Å²) in [7, 11) is 0. The summed E-state index contributed by atoms with van der Waals surface area (Å²) in [5.74, 6) is 0. The van der Waals surface area contributed by atoms with Gasteiger partial charge in [0.15, 0.2) is 0 Å². The Morgan fingerprint density at radius 3 is 2.67 bits per heavy atom. The molecular weight excluding hydrogens is 208 g/mol. The average molecular weight is 223 g/mol. The minimum absolute atomic E-state index is 0. The zero-order valence-corrected chi connectivity index (χ0v) is 9.53. The summed E-state index contributed by atoms with van der Waals surface area (Å²) in [6.07, 6.45) is 1.27. The lowest BCUT2D eigenvalue weighted by Gasteiger charge is -2.28. The van der Waals surface area contributed by atoms with Gasteiger partial charge in [0.1, 0.15) is 0 Å². The molecular formula is C12H15ClN2. The van der Waals surface area contributed by atoms with Crippen LogP contribution in [0.15, 0.2) is 24.3 Å². The molecule has 1 fully saturated rings. The van der Waals surface area contributed by atoms with E-state index in [4.69, 9.17) is 0 Å². The summed E-state index contributed by atoms with van der Waals surface area (Å²) in [6.45, 7) is 3.32. The summed E-state index contributed by atoms with van der Waals surface area (Å²) < 4.78 is 0. The molecule has 1 aliphatic rings. The van der Waals surface area contributed by atoms with Crippen LogP contribution in [-0.2, 0) is 0 Å². The van der Waals surface area contributed by atoms with Gasteiger partial charge in [0.25, 0.3) is 0 Å². The van der Waals surface area contributed by atoms with Crippen molar-refractivity contribution in [3.63, 3.8) is 0 Å². The van der Waals surface area contributed by atoms with E-state index in [1.54, 1.807) is 0 Å². The van der Waals surface area contributed by atoms with Gasteiger partial charge in [0, 0.05) is 22.6 Å². The third kappa shape index (κ3) is 1.54. The van der Waals surface area contributed by atoms with Crippen LogP contribution in [0.5, 0.6) is 0 Å². The van der Waals surface area contributed by atoms with Crippen molar-refractivity contribution in [2.45, 2.75) is 19.4 Å². The Hall–Kier alpha value is -0.990. The molecule has 1 atom stereocenters. The van der Waals surface area contributed by atoms with Gasteiger partial charge in [0.05, 0.1) is 0 Å². The van der Waals surface area contributed by atoms with Crippen molar-refractivity contribution in [3.8, 4) is 0 Å². The molecule has 1 aliphatic heterocycles. The fraction of sp³-hybridized carbons (Fsp3) is 0.333. The van der Waals surface area contributed by atoms with Crippen molar-refractivity contribution in [1.29, 1.82) is 0 Å². The number of para-hydroxylation sites is 1. The molecule has 0 saturated carbocycles. The number of hydrogen-bond acceptors (Lipinski definition) is 1. The highest BCUT2D eigenvalue weighted by atomic mass is 35.5. The molecule has 1 saturated heterocycles. The minimum Gasteiger partial charge on any atom is -0.358 e. The predicted octanol–water partition coefficient (Wildman–Crippen LogP) is 2.93. The first kappa shape index (κ1) is 10.5. The maximum atomic E-state index is 3.46. The Labute approximate surface area is 95.5 Å². The smallest absolute Gasteiger partial charge is 0.0459 e. The SMILES string of the molecule is Cc1[nH]c2ccccc2c1[C@@H]1CCN1.Cl. The molecule has 0 radical (unpaired) electrons. The topological polar surface area (TPSA) is 27.8 Å². The monoisotopic (exact) mass is 222 g/mol. The van der Waals surface area contributed by atoms with E-state index in [2.05, 4.69) is 41.5 Å². The van der Waals surface area contributed by atoms with Crippen LogP contribution in [0.4, 0.5) is 0 Å². The number of nitrogens with one attached hydrogen (secondary N) is 2. The molecule has 0 amide bonds. The molecule has 0 unspecified atom stereocenters. The molecule has 1 aromatic heterocycles. The largest absolute Gasteiger partial charge is 0.358 e. The van der Waals surface area contributed by atoms with Crippen LogP contribution in [0.25, 0.3) is 10.9 Å². The molecule has 3 heteroatoms. The van der Waals surface area contributed by atoms with Crippen LogP contribution >= 0.6 is 12.4 Å². The summed E-state index contributed by atoms with van der Waals surface area (Å²) in [5.41, 5.74) is 4.03. The number of hydrogen-bond donors (Lipinski definition) is 2. The Morgan fingerprint density at radius 2 is 2.00 bits per heavy atom. The Kier molecular flexibility index (Phi) is 2.72. The zero-order chi connectivity index (χ0) is 9.54. The number of rotatable bonds is 1. The van der Waals surface area contributed by atoms with Crippen LogP contribution in [0.1, 0.15) is 23.7 Å². The highest BCUT2D eigenvalue weighted by Gasteiger charge is 2.23. The van der Waals surface area contributed by atoms with Gasteiger partial charge >= 0.3 is 0 Å². The van der Waals surface area contributed by atoms with Gasteiger partial charge in [-0.2, -0.15) is 0 Å². The normalized spacial score (nSPS) is 19.7. The van der Waals surface area contributed by atoms with Gasteiger partial charge in [-0.05, 0) is 31.5 Å². The van der Waals surface area contributed by atoms with Crippen LogP contribution in [0.2, 0.25) is 0 Å². The van der Waals surface area contributed by atoms with E-state index in [9.17, 15) is 0 Å². The van der Waals surface area contributed by atoms with E-state index in [1.807, 2.05) is 0 Å². The maximum absolute atomic E-state index is 3.46. The summed E-state index contributed by atoms with van der Waals surface area (Å²) >= 11 is 0. The summed E-state index contributed by atoms with van der Waals surface area (Å²) in [5, 5.41) is 4.84. The number of fused-ring (bicyclic) bond motifs is 1. The van der Waals surface area contributed by atoms with E-state index < -0.39 is 0 Å². The fourth-order valence-corrected chi connectivity index (χ4v) is 2.28. The van der Waals surface area contributed by atoms with Gasteiger partial charge in [-0.15, -0.1) is 12.4 Å². The Morgan fingerprint density at radius 1 is 1.27 bits per heavy atom. The fourth-order valence-electron chi connectivity index (χ4n) is 2.28. The van der Waals surface area contributed by atoms with E-state index in [0.29, 0.717) is 6.04 Å². The second kappa shape index (κ2) is 3.87. The molecule has 2 N–H and O–H groups in total. The number of benzene rings is 1. The van der Waals surface area contributed by atoms with Crippen LogP contribution in [0, 0.1) is 6.92 Å². The first-order valence-corrected chi connectivity index (χ1v) is 5.17. The van der Waals surface area contributed by atoms with Gasteiger partial charge < -0.3 is 10.3 Å². The number of aromatic nitrogens is 1. The molecule has 80 valence electrons. The van der Waals surface area contributed by atoms with Crippen LogP contribution in [-0.4, -0.2) is 11.5 Å². The molecule has 2 nitrogen and oxygen atoms in total. The first-order chi connectivity index (χ1) is 6.86. The van der Waals surface area contributed by atoms with Crippen molar-refractivity contribution >= 4 is 23.3 Å². The quantitative estimate of drug-likeness (QED) is 0.763. The highest BCUT2D eigenvalue weighted by Crippen LogP contribution is 2.32. The van der Waals surface area contributed by atoms with Gasteiger partial charge in [-0.25, -0.2) is 0 Å². The molecule has 2 aromatic rings. The number of halogens is 1. The maximum Gasteiger partial charge on any atom is 0.0459 e. The average Bonchev–Trinajstić information content (AvgIpc) is 2.41. The van der Waals surface area contributed by atoms with Gasteiger partial charge in [0.2, 0.25) is 0 Å². The van der Waals surface area contributed by atoms with E-state index in [1.165, 1.54) is 28.6 Å². The third-order valence-electron chi connectivity index (χ3n) is 3.12. The molecule has 15 heavy (non-hydrogen) atoms. The molecule has 0 spiro atoms. The zero-order valence-electron chi connectivity index (χ0n) is 8.71. The van der Waals surface area contributed by atoms with Gasteiger partial charge in [-0.3, -0.25) is 0 Å². The van der Waals surface area contributed by atoms with E-state index >= 15 is 0 Å². The number of aryl methyl sites for hydroxylation is 1. The molecule has 3 rings (SSSR count). The molecule has 0 bridgehead atoms. The summed E-state index contributed by atoms with van der Waals surface area (Å²) in [6, 6.07) is 9.11. The molecule has 0 aliphatic carbocycles. The summed E-state index contributed by atoms with van der Waals surface area (Å²) in [4.78, 5) is 3.44. The predicted molar refractivity (Wildman–Crippen MR) is 65.6 cm³/mol. The highest BCUT2D eigenvalue weighted by molar-refractivity contribution is 5.85. The minimum atomic E-state index is 0. The number of H-pyrrole nitrogens is 1. The van der Waals surface area contributed by atoms with Crippen LogP contribution in [0.3, 0.4) is 0 Å². The van der Waals surface area contributed by atoms with Crippen molar-refractivity contribution in [2.75, 3.05) is 6.54 Å². The van der Waals surface area contributed by atoms with Crippen LogP contribution < -0.4 is 5.32 Å².